The summed E-state index contributed by atoms with van der Waals surface area (Å²) < 4.78 is 29.9. The van der Waals surface area contributed by atoms with Crippen molar-refractivity contribution < 1.29 is 13.5 Å². The molecule has 0 radical (unpaired) electrons. The molecule has 0 aromatic carbocycles. The monoisotopic (exact) mass is 193 g/mol. The van der Waals surface area contributed by atoms with Crippen LogP contribution in [0, 0.1) is 0 Å². The third-order valence-electron chi connectivity index (χ3n) is 2.57. The number of alkyl halides is 2. The van der Waals surface area contributed by atoms with Gasteiger partial charge in [-0.05, 0) is 20.8 Å². The lowest BCUT2D eigenvalue weighted by Gasteiger charge is -2.40. The van der Waals surface area contributed by atoms with Crippen LogP contribution >= 0.6 is 0 Å². The van der Waals surface area contributed by atoms with Crippen LogP contribution in [0.4, 0.5) is 8.78 Å². The molecule has 1 aliphatic rings. The lowest BCUT2D eigenvalue weighted by Crippen LogP contribution is -2.53. The number of rotatable bonds is 2. The molecule has 1 saturated heterocycles. The van der Waals surface area contributed by atoms with Crippen LogP contribution in [0.25, 0.3) is 0 Å². The molecule has 1 fully saturated rings. The van der Waals surface area contributed by atoms with Crippen LogP contribution in [0.1, 0.15) is 20.8 Å². The number of halogens is 2. The first kappa shape index (κ1) is 10.9. The quantitative estimate of drug-likeness (QED) is 0.662. The fraction of sp³-hybridized carbons (Fsp3) is 1.00. The van der Waals surface area contributed by atoms with Crippen molar-refractivity contribution in [2.45, 2.75) is 45.4 Å². The summed E-state index contributed by atoms with van der Waals surface area (Å²) in [6.07, 6.45) is -2.15. The van der Waals surface area contributed by atoms with Crippen molar-refractivity contribution in [3.8, 4) is 0 Å². The highest BCUT2D eigenvalue weighted by Crippen LogP contribution is 2.18. The van der Waals surface area contributed by atoms with Crippen LogP contribution in [0.5, 0.6) is 0 Å². The van der Waals surface area contributed by atoms with E-state index in [1.165, 1.54) is 0 Å². The van der Waals surface area contributed by atoms with Crippen LogP contribution in [-0.4, -0.2) is 42.7 Å². The number of hydrogen-bond acceptors (Lipinski definition) is 2. The van der Waals surface area contributed by atoms with Crippen LogP contribution in [0.3, 0.4) is 0 Å². The minimum Gasteiger partial charge on any atom is -0.373 e. The Labute approximate surface area is 77.9 Å². The molecule has 4 heteroatoms. The van der Waals surface area contributed by atoms with Gasteiger partial charge in [-0.25, -0.2) is 8.78 Å². The first-order chi connectivity index (χ1) is 6.00. The van der Waals surface area contributed by atoms with E-state index in [-0.39, 0.29) is 24.8 Å². The van der Waals surface area contributed by atoms with Gasteiger partial charge in [-0.2, -0.15) is 0 Å². The van der Waals surface area contributed by atoms with Crippen molar-refractivity contribution >= 4 is 0 Å². The molecule has 0 aromatic rings. The third kappa shape index (κ3) is 2.88. The van der Waals surface area contributed by atoms with Gasteiger partial charge in [-0.1, -0.05) is 0 Å². The van der Waals surface area contributed by atoms with Gasteiger partial charge in [-0.15, -0.1) is 0 Å². The fourth-order valence-electron chi connectivity index (χ4n) is 1.73. The maximum absolute atomic E-state index is 12.2. The van der Waals surface area contributed by atoms with E-state index in [1.807, 2.05) is 20.8 Å². The summed E-state index contributed by atoms with van der Waals surface area (Å²) in [5.41, 5.74) is 0. The Morgan fingerprint density at radius 1 is 1.38 bits per heavy atom. The summed E-state index contributed by atoms with van der Waals surface area (Å²) in [5.74, 6) is 0. The molecule has 0 aliphatic carbocycles. The highest BCUT2D eigenvalue weighted by Gasteiger charge is 2.30. The molecule has 0 N–H and O–H groups in total. The predicted octanol–water partition coefficient (Wildman–Crippen LogP) is 1.75. The van der Waals surface area contributed by atoms with E-state index in [0.29, 0.717) is 6.54 Å². The first-order valence-electron chi connectivity index (χ1n) is 4.68. The number of nitrogens with zero attached hydrogens (tertiary/aromatic N) is 1. The second-order valence-electron chi connectivity index (χ2n) is 3.74. The van der Waals surface area contributed by atoms with Gasteiger partial charge in [-0.3, -0.25) is 4.90 Å². The molecule has 0 saturated carbocycles. The van der Waals surface area contributed by atoms with Crippen molar-refractivity contribution in [1.82, 2.24) is 4.90 Å². The van der Waals surface area contributed by atoms with Crippen LogP contribution in [0.15, 0.2) is 0 Å². The molecule has 78 valence electrons. The Kier molecular flexibility index (Phi) is 3.62. The van der Waals surface area contributed by atoms with E-state index in [1.54, 1.807) is 4.90 Å². The summed E-state index contributed by atoms with van der Waals surface area (Å²) in [4.78, 5) is 1.80. The van der Waals surface area contributed by atoms with E-state index >= 15 is 0 Å². The molecule has 2 nitrogen and oxygen atoms in total. The van der Waals surface area contributed by atoms with Gasteiger partial charge in [0.1, 0.15) is 0 Å². The zero-order valence-corrected chi connectivity index (χ0v) is 8.34. The topological polar surface area (TPSA) is 12.5 Å². The summed E-state index contributed by atoms with van der Waals surface area (Å²) in [6, 6.07) is 0.0881. The summed E-state index contributed by atoms with van der Waals surface area (Å²) in [7, 11) is 0. The molecule has 0 amide bonds. The molecular weight excluding hydrogens is 176 g/mol. The number of ether oxygens (including phenoxy) is 1. The van der Waals surface area contributed by atoms with Gasteiger partial charge in [0.2, 0.25) is 0 Å². The molecule has 1 heterocycles. The maximum atomic E-state index is 12.2. The van der Waals surface area contributed by atoms with Gasteiger partial charge < -0.3 is 4.74 Å². The van der Waals surface area contributed by atoms with Crippen LogP contribution in [-0.2, 0) is 4.74 Å². The average molecular weight is 193 g/mol. The van der Waals surface area contributed by atoms with Gasteiger partial charge in [0.05, 0.1) is 18.8 Å². The van der Waals surface area contributed by atoms with E-state index < -0.39 is 6.43 Å². The van der Waals surface area contributed by atoms with Crippen molar-refractivity contribution in [2.75, 3.05) is 13.1 Å². The van der Waals surface area contributed by atoms with Gasteiger partial charge in [0, 0.05) is 12.6 Å². The largest absolute Gasteiger partial charge is 0.373 e. The highest BCUT2D eigenvalue weighted by atomic mass is 19.3. The Bertz CT molecular complexity index is 164. The Morgan fingerprint density at radius 3 is 2.54 bits per heavy atom. The van der Waals surface area contributed by atoms with Crippen molar-refractivity contribution in [2.24, 2.45) is 0 Å². The van der Waals surface area contributed by atoms with Crippen molar-refractivity contribution in [3.63, 3.8) is 0 Å². The zero-order chi connectivity index (χ0) is 10.0. The number of hydrogen-bond donors (Lipinski definition) is 0. The molecule has 0 spiro atoms. The van der Waals surface area contributed by atoms with E-state index in [4.69, 9.17) is 4.74 Å². The second kappa shape index (κ2) is 4.33. The van der Waals surface area contributed by atoms with Gasteiger partial charge in [0.25, 0.3) is 6.43 Å². The van der Waals surface area contributed by atoms with E-state index in [0.717, 1.165) is 0 Å². The highest BCUT2D eigenvalue weighted by molar-refractivity contribution is 4.81. The maximum Gasteiger partial charge on any atom is 0.251 e. The fourth-order valence-corrected chi connectivity index (χ4v) is 1.73. The van der Waals surface area contributed by atoms with Gasteiger partial charge >= 0.3 is 0 Å². The smallest absolute Gasteiger partial charge is 0.251 e. The van der Waals surface area contributed by atoms with E-state index in [2.05, 4.69) is 0 Å². The molecule has 1 aliphatic heterocycles. The van der Waals surface area contributed by atoms with Crippen molar-refractivity contribution in [1.29, 1.82) is 0 Å². The third-order valence-corrected chi connectivity index (χ3v) is 2.57. The van der Waals surface area contributed by atoms with Crippen LogP contribution in [0.2, 0.25) is 0 Å². The van der Waals surface area contributed by atoms with Crippen LogP contribution < -0.4 is 0 Å². The minimum absolute atomic E-state index is 0.0440. The summed E-state index contributed by atoms with van der Waals surface area (Å²) >= 11 is 0. The normalized spacial score (nSPS) is 36.9. The summed E-state index contributed by atoms with van der Waals surface area (Å²) in [6.45, 7) is 6.24. The molecule has 0 bridgehead atoms. The Morgan fingerprint density at radius 2 is 2.00 bits per heavy atom. The zero-order valence-electron chi connectivity index (χ0n) is 8.34. The minimum atomic E-state index is -2.25. The standard InChI is InChI=1S/C9H17F2NO/c1-6-4-12(5-9(10)11)7(2)8(3)13-6/h6-9H,4-5H2,1-3H3. The molecule has 13 heavy (non-hydrogen) atoms. The molecule has 1 rings (SSSR count). The SMILES string of the molecule is CC1CN(CC(F)F)C(C)C(C)O1. The summed E-state index contributed by atoms with van der Waals surface area (Å²) in [5, 5.41) is 0. The molecule has 3 atom stereocenters. The molecule has 3 unspecified atom stereocenters. The lowest BCUT2D eigenvalue weighted by atomic mass is 10.1. The first-order valence-corrected chi connectivity index (χ1v) is 4.68. The predicted molar refractivity (Wildman–Crippen MR) is 47.0 cm³/mol. The van der Waals surface area contributed by atoms with Crippen molar-refractivity contribution in [3.05, 3.63) is 0 Å². The Hall–Kier alpha value is -0.220. The second-order valence-corrected chi connectivity index (χ2v) is 3.74. The van der Waals surface area contributed by atoms with E-state index in [9.17, 15) is 8.78 Å². The van der Waals surface area contributed by atoms with Gasteiger partial charge in [0.15, 0.2) is 0 Å². The average Bonchev–Trinajstić information content (AvgIpc) is 1.98. The number of morpholine rings is 1. The molecular formula is C9H17F2NO. The Balaban J connectivity index is 2.50. The molecule has 0 aromatic heterocycles. The lowest BCUT2D eigenvalue weighted by molar-refractivity contribution is -0.109.